The number of hydrogen-bond acceptors (Lipinski definition) is 5. The van der Waals surface area contributed by atoms with E-state index in [9.17, 15) is 10.1 Å². The standard InChI is InChI=1S/C11H11N3O3/c1-8(10-5-3-7-17-10)13-11-9(14(15)16)4-2-6-12-11/h2-8H,1H3,(H,12,13)/t8-/m0/s1. The second-order valence-corrected chi connectivity index (χ2v) is 3.51. The Hall–Kier alpha value is -2.37. The molecule has 17 heavy (non-hydrogen) atoms. The lowest BCUT2D eigenvalue weighted by atomic mass is 10.2. The van der Waals surface area contributed by atoms with Gasteiger partial charge in [0.05, 0.1) is 17.2 Å². The van der Waals surface area contributed by atoms with Crippen molar-refractivity contribution in [1.82, 2.24) is 4.98 Å². The summed E-state index contributed by atoms with van der Waals surface area (Å²) in [5.41, 5.74) is -0.0501. The first kappa shape index (κ1) is 11.1. The van der Waals surface area contributed by atoms with Crippen LogP contribution in [-0.4, -0.2) is 9.91 Å². The number of nitrogens with zero attached hydrogens (tertiary/aromatic N) is 2. The van der Waals surface area contributed by atoms with Gasteiger partial charge in [-0.15, -0.1) is 0 Å². The molecule has 0 radical (unpaired) electrons. The third-order valence-corrected chi connectivity index (χ3v) is 2.31. The summed E-state index contributed by atoms with van der Waals surface area (Å²) in [4.78, 5) is 14.3. The minimum absolute atomic E-state index is 0.0501. The maximum Gasteiger partial charge on any atom is 0.311 e. The van der Waals surface area contributed by atoms with Crippen LogP contribution in [0.5, 0.6) is 0 Å². The Bertz CT molecular complexity index is 510. The molecule has 0 aliphatic carbocycles. The number of nitro groups is 1. The normalized spacial score (nSPS) is 12.1. The zero-order chi connectivity index (χ0) is 12.3. The fraction of sp³-hybridized carbons (Fsp3) is 0.182. The molecule has 0 saturated heterocycles. The van der Waals surface area contributed by atoms with Crippen molar-refractivity contribution in [2.75, 3.05) is 5.32 Å². The Labute approximate surface area is 97.4 Å². The molecule has 0 aliphatic rings. The van der Waals surface area contributed by atoms with Gasteiger partial charge in [0, 0.05) is 12.3 Å². The summed E-state index contributed by atoms with van der Waals surface area (Å²) in [7, 11) is 0. The summed E-state index contributed by atoms with van der Waals surface area (Å²) < 4.78 is 5.21. The van der Waals surface area contributed by atoms with Crippen molar-refractivity contribution in [3.05, 3.63) is 52.6 Å². The average molecular weight is 233 g/mol. The van der Waals surface area contributed by atoms with Crippen LogP contribution in [0, 0.1) is 10.1 Å². The van der Waals surface area contributed by atoms with Gasteiger partial charge in [-0.2, -0.15) is 0 Å². The summed E-state index contributed by atoms with van der Waals surface area (Å²) >= 11 is 0. The van der Waals surface area contributed by atoms with E-state index in [4.69, 9.17) is 4.42 Å². The monoisotopic (exact) mass is 233 g/mol. The Balaban J connectivity index is 2.21. The molecule has 0 fully saturated rings. The lowest BCUT2D eigenvalue weighted by Crippen LogP contribution is -2.08. The van der Waals surface area contributed by atoms with E-state index in [2.05, 4.69) is 10.3 Å². The zero-order valence-corrected chi connectivity index (χ0v) is 9.16. The lowest BCUT2D eigenvalue weighted by molar-refractivity contribution is -0.384. The molecule has 0 saturated carbocycles. The summed E-state index contributed by atoms with van der Waals surface area (Å²) in [6, 6.07) is 6.32. The van der Waals surface area contributed by atoms with Crippen LogP contribution in [-0.2, 0) is 0 Å². The van der Waals surface area contributed by atoms with Crippen LogP contribution in [0.2, 0.25) is 0 Å². The van der Waals surface area contributed by atoms with Crippen LogP contribution in [0.4, 0.5) is 11.5 Å². The van der Waals surface area contributed by atoms with Crippen molar-refractivity contribution in [3.8, 4) is 0 Å². The van der Waals surface area contributed by atoms with Crippen LogP contribution >= 0.6 is 0 Å². The fourth-order valence-corrected chi connectivity index (χ4v) is 1.47. The molecule has 0 aromatic carbocycles. The Kier molecular flexibility index (Phi) is 3.04. The van der Waals surface area contributed by atoms with Crippen molar-refractivity contribution in [2.24, 2.45) is 0 Å². The summed E-state index contributed by atoms with van der Waals surface area (Å²) in [6.07, 6.45) is 3.06. The Morgan fingerprint density at radius 2 is 2.29 bits per heavy atom. The van der Waals surface area contributed by atoms with Gasteiger partial charge in [-0.25, -0.2) is 4.98 Å². The summed E-state index contributed by atoms with van der Waals surface area (Å²) in [5, 5.41) is 13.7. The van der Waals surface area contributed by atoms with Crippen LogP contribution in [0.3, 0.4) is 0 Å². The number of hydrogen-bond donors (Lipinski definition) is 1. The Morgan fingerprint density at radius 3 is 2.94 bits per heavy atom. The van der Waals surface area contributed by atoms with Gasteiger partial charge >= 0.3 is 5.69 Å². The van der Waals surface area contributed by atoms with Crippen molar-refractivity contribution in [3.63, 3.8) is 0 Å². The molecule has 1 atom stereocenters. The predicted octanol–water partition coefficient (Wildman–Crippen LogP) is 2.76. The van der Waals surface area contributed by atoms with Crippen LogP contribution in [0.15, 0.2) is 41.1 Å². The molecule has 0 aliphatic heterocycles. The minimum Gasteiger partial charge on any atom is -0.467 e. The quantitative estimate of drug-likeness (QED) is 0.648. The first-order valence-corrected chi connectivity index (χ1v) is 5.08. The van der Waals surface area contributed by atoms with Crippen molar-refractivity contribution in [2.45, 2.75) is 13.0 Å². The largest absolute Gasteiger partial charge is 0.467 e. The highest BCUT2D eigenvalue weighted by atomic mass is 16.6. The minimum atomic E-state index is -0.468. The Morgan fingerprint density at radius 1 is 1.47 bits per heavy atom. The number of nitrogens with one attached hydrogen (secondary N) is 1. The molecule has 1 N–H and O–H groups in total. The maximum atomic E-state index is 10.8. The molecule has 0 unspecified atom stereocenters. The third kappa shape index (κ3) is 2.41. The molecule has 2 aromatic heterocycles. The van der Waals surface area contributed by atoms with E-state index in [0.717, 1.165) is 0 Å². The number of pyridine rings is 1. The van der Waals surface area contributed by atoms with Gasteiger partial charge in [-0.1, -0.05) is 0 Å². The average Bonchev–Trinajstić information content (AvgIpc) is 2.83. The molecule has 0 spiro atoms. The van der Waals surface area contributed by atoms with E-state index in [0.29, 0.717) is 5.76 Å². The van der Waals surface area contributed by atoms with Crippen molar-refractivity contribution < 1.29 is 9.34 Å². The number of furan rings is 1. The van der Waals surface area contributed by atoms with Gasteiger partial charge in [-0.05, 0) is 25.1 Å². The maximum absolute atomic E-state index is 10.8. The molecule has 2 heterocycles. The van der Waals surface area contributed by atoms with E-state index in [-0.39, 0.29) is 17.5 Å². The van der Waals surface area contributed by atoms with Gasteiger partial charge in [0.15, 0.2) is 0 Å². The van der Waals surface area contributed by atoms with E-state index >= 15 is 0 Å². The van der Waals surface area contributed by atoms with E-state index in [1.807, 2.05) is 6.92 Å². The molecular formula is C11H11N3O3. The molecule has 0 amide bonds. The molecule has 0 bridgehead atoms. The van der Waals surface area contributed by atoms with Gasteiger partial charge < -0.3 is 9.73 Å². The predicted molar refractivity (Wildman–Crippen MR) is 61.6 cm³/mol. The number of anilines is 1. The molecule has 6 heteroatoms. The highest BCUT2D eigenvalue weighted by Gasteiger charge is 2.17. The van der Waals surface area contributed by atoms with Crippen molar-refractivity contribution >= 4 is 11.5 Å². The molecule has 2 rings (SSSR count). The van der Waals surface area contributed by atoms with Gasteiger partial charge in [0.25, 0.3) is 0 Å². The third-order valence-electron chi connectivity index (χ3n) is 2.31. The highest BCUT2D eigenvalue weighted by molar-refractivity contribution is 5.55. The summed E-state index contributed by atoms with van der Waals surface area (Å²) in [6.45, 7) is 1.84. The number of aromatic nitrogens is 1. The van der Waals surface area contributed by atoms with Gasteiger partial charge in [0.1, 0.15) is 5.76 Å². The first-order valence-electron chi connectivity index (χ1n) is 5.08. The number of rotatable bonds is 4. The van der Waals surface area contributed by atoms with Crippen LogP contribution < -0.4 is 5.32 Å². The fourth-order valence-electron chi connectivity index (χ4n) is 1.47. The summed E-state index contributed by atoms with van der Waals surface area (Å²) in [5.74, 6) is 0.936. The van der Waals surface area contributed by atoms with Crippen molar-refractivity contribution in [1.29, 1.82) is 0 Å². The molecule has 6 nitrogen and oxygen atoms in total. The van der Waals surface area contributed by atoms with E-state index < -0.39 is 4.92 Å². The molecule has 88 valence electrons. The second kappa shape index (κ2) is 4.65. The lowest BCUT2D eigenvalue weighted by Gasteiger charge is -2.11. The SMILES string of the molecule is C[C@H](Nc1ncccc1[N+](=O)[O-])c1ccco1. The highest BCUT2D eigenvalue weighted by Crippen LogP contribution is 2.25. The molecular weight excluding hydrogens is 222 g/mol. The van der Waals surface area contributed by atoms with Crippen LogP contribution in [0.25, 0.3) is 0 Å². The topological polar surface area (TPSA) is 81.2 Å². The molecule has 2 aromatic rings. The smallest absolute Gasteiger partial charge is 0.311 e. The first-order chi connectivity index (χ1) is 8.18. The van der Waals surface area contributed by atoms with Crippen LogP contribution in [0.1, 0.15) is 18.7 Å². The van der Waals surface area contributed by atoms with E-state index in [1.165, 1.54) is 18.3 Å². The van der Waals surface area contributed by atoms with Gasteiger partial charge in [-0.3, -0.25) is 10.1 Å². The zero-order valence-electron chi connectivity index (χ0n) is 9.16. The van der Waals surface area contributed by atoms with Gasteiger partial charge in [0.2, 0.25) is 5.82 Å². The van der Waals surface area contributed by atoms with E-state index in [1.54, 1.807) is 18.4 Å². The second-order valence-electron chi connectivity index (χ2n) is 3.51.